The Morgan fingerprint density at radius 1 is 1.00 bits per heavy atom. The first-order valence-corrected chi connectivity index (χ1v) is 12.9. The number of benzene rings is 2. The molecule has 13 heteroatoms. The fraction of sp³-hybridized carbons (Fsp3) is 0.346. The molecular weight excluding hydrogens is 543 g/mol. The number of nitrogens with zero attached hydrogens (tertiary/aromatic N) is 1. The van der Waals surface area contributed by atoms with Crippen molar-refractivity contribution in [1.29, 1.82) is 0 Å². The number of alkyl halides is 3. The van der Waals surface area contributed by atoms with Crippen LogP contribution in [0.5, 0.6) is 0 Å². The van der Waals surface area contributed by atoms with Crippen LogP contribution < -0.4 is 0 Å². The second-order valence-electron chi connectivity index (χ2n) is 9.10. The van der Waals surface area contributed by atoms with E-state index in [-0.39, 0.29) is 22.9 Å². The second-order valence-corrected chi connectivity index (χ2v) is 10.9. The number of esters is 3. The molecule has 0 bridgehead atoms. The Hall–Kier alpha value is -3.87. The molecule has 2 aromatic rings. The zero-order valence-electron chi connectivity index (χ0n) is 21.2. The smallest absolute Gasteiger partial charge is 0.467 e. The van der Waals surface area contributed by atoms with Gasteiger partial charge in [-0.2, -0.15) is 21.6 Å². The minimum absolute atomic E-state index is 0.0918. The minimum Gasteiger partial charge on any atom is -0.467 e. The summed E-state index contributed by atoms with van der Waals surface area (Å²) in [6, 6.07) is 12.3. The lowest BCUT2D eigenvalue weighted by atomic mass is 9.76. The summed E-state index contributed by atoms with van der Waals surface area (Å²) in [5.74, 6) is -2.94. The zero-order valence-corrected chi connectivity index (χ0v) is 22.0. The molecular formula is C26H26F3NO8S. The van der Waals surface area contributed by atoms with Crippen LogP contribution in [0.25, 0.3) is 0 Å². The van der Waals surface area contributed by atoms with E-state index in [4.69, 9.17) is 9.47 Å². The highest BCUT2D eigenvalue weighted by molar-refractivity contribution is 7.90. The summed E-state index contributed by atoms with van der Waals surface area (Å²) in [4.78, 5) is 37.1. The van der Waals surface area contributed by atoms with E-state index in [1.807, 2.05) is 0 Å². The maximum Gasteiger partial charge on any atom is 0.516 e. The van der Waals surface area contributed by atoms with Gasteiger partial charge in [0.1, 0.15) is 12.6 Å². The van der Waals surface area contributed by atoms with Crippen LogP contribution in [0.15, 0.2) is 66.4 Å². The average Bonchev–Trinajstić information content (AvgIpc) is 3.18. The summed E-state index contributed by atoms with van der Waals surface area (Å²) >= 11 is 0. The minimum atomic E-state index is -6.13. The van der Waals surface area contributed by atoms with Crippen molar-refractivity contribution in [3.63, 3.8) is 0 Å². The fourth-order valence-corrected chi connectivity index (χ4v) is 5.72. The molecule has 1 heterocycles. The number of sulfonamides is 1. The summed E-state index contributed by atoms with van der Waals surface area (Å²) in [6.07, 6.45) is 0.129. The third kappa shape index (κ3) is 6.41. The molecule has 3 rings (SSSR count). The SMILES string of the molecule is COC(=O)c1ccc(CC2(C)C/C(=C\C(=O)OCc3ccccc3)N(S(=O)(=O)C(F)(F)F)[C@@H]2C(=O)OC)cc1. The van der Waals surface area contributed by atoms with Gasteiger partial charge in [0.05, 0.1) is 19.8 Å². The van der Waals surface area contributed by atoms with E-state index >= 15 is 0 Å². The first-order chi connectivity index (χ1) is 18.2. The number of hydrogen-bond donors (Lipinski definition) is 0. The molecule has 2 atom stereocenters. The summed E-state index contributed by atoms with van der Waals surface area (Å²) in [6.45, 7) is 1.21. The lowest BCUT2D eigenvalue weighted by molar-refractivity contribution is -0.147. The summed E-state index contributed by atoms with van der Waals surface area (Å²) < 4.78 is 81.1. The van der Waals surface area contributed by atoms with E-state index in [0.29, 0.717) is 17.2 Å². The largest absolute Gasteiger partial charge is 0.516 e. The Labute approximate surface area is 223 Å². The summed E-state index contributed by atoms with van der Waals surface area (Å²) in [5, 5.41) is 0. The van der Waals surface area contributed by atoms with E-state index in [1.165, 1.54) is 38.3 Å². The topological polar surface area (TPSA) is 116 Å². The van der Waals surface area contributed by atoms with E-state index < -0.39 is 57.0 Å². The monoisotopic (exact) mass is 569 g/mol. The number of ether oxygens (including phenoxy) is 3. The lowest BCUT2D eigenvalue weighted by Gasteiger charge is -2.33. The number of carbonyl (C=O) groups excluding carboxylic acids is 3. The first-order valence-electron chi connectivity index (χ1n) is 11.5. The molecule has 210 valence electrons. The molecule has 0 aliphatic carbocycles. The van der Waals surface area contributed by atoms with Crippen LogP contribution in [0, 0.1) is 5.41 Å². The van der Waals surface area contributed by atoms with Crippen LogP contribution in [0.1, 0.15) is 34.8 Å². The van der Waals surface area contributed by atoms with E-state index in [1.54, 1.807) is 30.3 Å². The number of rotatable bonds is 8. The van der Waals surface area contributed by atoms with Crippen molar-refractivity contribution >= 4 is 27.9 Å². The molecule has 1 aliphatic rings. The Morgan fingerprint density at radius 2 is 1.62 bits per heavy atom. The van der Waals surface area contributed by atoms with Crippen LogP contribution in [0.4, 0.5) is 13.2 Å². The number of hydrogen-bond acceptors (Lipinski definition) is 8. The fourth-order valence-electron chi connectivity index (χ4n) is 4.46. The Morgan fingerprint density at radius 3 is 2.15 bits per heavy atom. The molecule has 0 saturated carbocycles. The molecule has 9 nitrogen and oxygen atoms in total. The van der Waals surface area contributed by atoms with Gasteiger partial charge >= 0.3 is 33.4 Å². The molecule has 0 amide bonds. The lowest BCUT2D eigenvalue weighted by Crippen LogP contribution is -2.51. The number of allylic oxidation sites excluding steroid dienone is 1. The maximum atomic E-state index is 13.8. The zero-order chi connectivity index (χ0) is 29.0. The Kier molecular flexibility index (Phi) is 8.74. The molecule has 2 aromatic carbocycles. The molecule has 1 unspecified atom stereocenters. The standard InChI is InChI=1S/C26H26F3NO8S/c1-25(14-17-9-11-19(12-10-17)23(32)36-2)15-20(13-21(31)38-16-18-7-5-4-6-8-18)30(22(25)24(33)37-3)39(34,35)26(27,28)29/h4-13,22H,14-16H2,1-3H3/b20-13+/t22-,25?/m1/s1. The van der Waals surface area contributed by atoms with Gasteiger partial charge in [0, 0.05) is 17.2 Å². The van der Waals surface area contributed by atoms with E-state index in [2.05, 4.69) is 4.74 Å². The highest BCUT2D eigenvalue weighted by Gasteiger charge is 2.62. The predicted octanol–water partition coefficient (Wildman–Crippen LogP) is 3.75. The van der Waals surface area contributed by atoms with Crippen LogP contribution >= 0.6 is 0 Å². The van der Waals surface area contributed by atoms with Crippen molar-refractivity contribution in [2.75, 3.05) is 14.2 Å². The maximum absolute atomic E-state index is 13.8. The molecule has 39 heavy (non-hydrogen) atoms. The van der Waals surface area contributed by atoms with Gasteiger partial charge in [0.25, 0.3) is 0 Å². The second kappa shape index (κ2) is 11.5. The van der Waals surface area contributed by atoms with Gasteiger partial charge in [0.2, 0.25) is 0 Å². The highest BCUT2D eigenvalue weighted by atomic mass is 32.2. The summed E-state index contributed by atoms with van der Waals surface area (Å²) in [7, 11) is -4.01. The van der Waals surface area contributed by atoms with Gasteiger partial charge < -0.3 is 14.2 Å². The molecule has 1 saturated heterocycles. The van der Waals surface area contributed by atoms with Gasteiger partial charge in [-0.15, -0.1) is 0 Å². The van der Waals surface area contributed by atoms with Crippen molar-refractivity contribution in [2.24, 2.45) is 5.41 Å². The molecule has 1 aliphatic heterocycles. The molecule has 0 radical (unpaired) electrons. The van der Waals surface area contributed by atoms with Crippen molar-refractivity contribution in [2.45, 2.75) is 37.9 Å². The van der Waals surface area contributed by atoms with E-state index in [9.17, 15) is 36.0 Å². The van der Waals surface area contributed by atoms with Gasteiger partial charge in [-0.3, -0.25) is 4.31 Å². The predicted molar refractivity (Wildman–Crippen MR) is 131 cm³/mol. The van der Waals surface area contributed by atoms with Crippen LogP contribution in [0.2, 0.25) is 0 Å². The van der Waals surface area contributed by atoms with Crippen molar-refractivity contribution in [1.82, 2.24) is 4.31 Å². The third-order valence-corrected chi connectivity index (χ3v) is 7.78. The highest BCUT2D eigenvalue weighted by Crippen LogP contribution is 2.49. The number of carbonyl (C=O) groups is 3. The number of halogens is 3. The van der Waals surface area contributed by atoms with E-state index in [0.717, 1.165) is 7.11 Å². The van der Waals surface area contributed by atoms with Gasteiger partial charge in [-0.25, -0.2) is 14.4 Å². The quantitative estimate of drug-likeness (QED) is 0.268. The average molecular weight is 570 g/mol. The Bertz CT molecular complexity index is 1360. The third-order valence-electron chi connectivity index (χ3n) is 6.23. The van der Waals surface area contributed by atoms with Gasteiger partial charge in [-0.1, -0.05) is 49.4 Å². The van der Waals surface area contributed by atoms with Crippen LogP contribution in [-0.4, -0.2) is 56.4 Å². The Balaban J connectivity index is 2.04. The van der Waals surface area contributed by atoms with Crippen LogP contribution in [0.3, 0.4) is 0 Å². The molecule has 1 fully saturated rings. The summed E-state index contributed by atoms with van der Waals surface area (Å²) in [5.41, 5.74) is -6.54. The van der Waals surface area contributed by atoms with Gasteiger partial charge in [0.15, 0.2) is 0 Å². The van der Waals surface area contributed by atoms with Crippen LogP contribution in [-0.2, 0) is 46.9 Å². The number of methoxy groups -OCH3 is 2. The molecule has 0 N–H and O–H groups in total. The first kappa shape index (κ1) is 29.7. The van der Waals surface area contributed by atoms with Crippen molar-refractivity contribution in [3.8, 4) is 0 Å². The molecule has 0 spiro atoms. The van der Waals surface area contributed by atoms with Crippen molar-refractivity contribution in [3.05, 3.63) is 83.1 Å². The van der Waals surface area contributed by atoms with Gasteiger partial charge in [-0.05, 0) is 36.1 Å². The molecule has 0 aromatic heterocycles. The van der Waals surface area contributed by atoms with Crippen molar-refractivity contribution < 1.29 is 50.2 Å². The normalized spacial score (nSPS) is 20.5.